The van der Waals surface area contributed by atoms with Crippen molar-refractivity contribution in [2.24, 2.45) is 17.4 Å². The molecule has 3 unspecified atom stereocenters. The van der Waals surface area contributed by atoms with Crippen molar-refractivity contribution in [1.82, 2.24) is 16.0 Å². The van der Waals surface area contributed by atoms with E-state index in [1.165, 1.54) is 0 Å². The monoisotopic (exact) mass is 463 g/mol. The predicted molar refractivity (Wildman–Crippen MR) is 125 cm³/mol. The van der Waals surface area contributed by atoms with E-state index in [0.717, 1.165) is 5.56 Å². The van der Waals surface area contributed by atoms with Crippen molar-refractivity contribution in [2.45, 2.75) is 57.5 Å². The second-order valence-electron chi connectivity index (χ2n) is 7.93. The van der Waals surface area contributed by atoms with Crippen molar-refractivity contribution in [3.05, 3.63) is 35.9 Å². The molecule has 1 aromatic rings. The maximum atomic E-state index is 12.6. The van der Waals surface area contributed by atoms with Crippen molar-refractivity contribution in [1.29, 1.82) is 0 Å². The molecule has 8 N–H and O–H groups in total. The normalized spacial score (nSPS) is 13.4. The summed E-state index contributed by atoms with van der Waals surface area (Å²) in [5, 5.41) is 17.2. The summed E-state index contributed by atoms with van der Waals surface area (Å²) >= 11 is 0. The number of carbonyl (C=O) groups excluding carboxylic acids is 4. The first-order valence-corrected chi connectivity index (χ1v) is 11.3. The maximum absolute atomic E-state index is 12.6. The Morgan fingerprint density at radius 3 is 2.21 bits per heavy atom. The number of amides is 4. The van der Waals surface area contributed by atoms with Crippen LogP contribution < -0.4 is 27.4 Å². The van der Waals surface area contributed by atoms with Gasteiger partial charge in [0.2, 0.25) is 23.6 Å². The number of primary amides is 1. The second kappa shape index (κ2) is 15.8. The Hall–Kier alpha value is -2.98. The van der Waals surface area contributed by atoms with Crippen LogP contribution in [-0.2, 0) is 25.6 Å². The molecule has 0 spiro atoms. The molecule has 0 aromatic heterocycles. The van der Waals surface area contributed by atoms with Gasteiger partial charge in [-0.05, 0) is 31.2 Å². The van der Waals surface area contributed by atoms with E-state index in [9.17, 15) is 19.2 Å². The molecule has 0 heterocycles. The Labute approximate surface area is 194 Å². The number of nitrogens with one attached hydrogen (secondary N) is 3. The van der Waals surface area contributed by atoms with Crippen LogP contribution in [0.4, 0.5) is 0 Å². The van der Waals surface area contributed by atoms with E-state index in [4.69, 9.17) is 16.6 Å². The lowest BCUT2D eigenvalue weighted by atomic mass is 9.99. The third-order valence-electron chi connectivity index (χ3n) is 5.29. The van der Waals surface area contributed by atoms with E-state index in [1.807, 2.05) is 37.3 Å². The molecular weight excluding hydrogens is 426 g/mol. The SMILES string of the molecule is CCC(CCC(=O)NCCCCNC(=O)C(Cc1ccccc1)NC(=O)C(N)CO)C(N)=O. The summed E-state index contributed by atoms with van der Waals surface area (Å²) in [7, 11) is 0. The highest BCUT2D eigenvalue weighted by Gasteiger charge is 2.23. The average Bonchev–Trinajstić information content (AvgIpc) is 2.80. The Balaban J connectivity index is 2.39. The number of aliphatic hydroxyl groups excluding tert-OH is 1. The van der Waals surface area contributed by atoms with Gasteiger partial charge in [-0.25, -0.2) is 0 Å². The fraction of sp³-hybridized carbons (Fsp3) is 0.565. The van der Waals surface area contributed by atoms with Gasteiger partial charge in [0.05, 0.1) is 6.61 Å². The van der Waals surface area contributed by atoms with Gasteiger partial charge in [-0.2, -0.15) is 0 Å². The highest BCUT2D eigenvalue weighted by molar-refractivity contribution is 5.90. The fourth-order valence-corrected chi connectivity index (χ4v) is 3.17. The summed E-state index contributed by atoms with van der Waals surface area (Å²) in [6, 6.07) is 7.33. The van der Waals surface area contributed by atoms with Crippen LogP contribution in [-0.4, -0.2) is 60.5 Å². The first-order chi connectivity index (χ1) is 15.8. The number of rotatable bonds is 16. The summed E-state index contributed by atoms with van der Waals surface area (Å²) in [5.74, 6) is -1.76. The topological polar surface area (TPSA) is 177 Å². The van der Waals surface area contributed by atoms with Gasteiger partial charge < -0.3 is 32.5 Å². The largest absolute Gasteiger partial charge is 0.394 e. The standard InChI is InChI=1S/C23H37N5O5/c1-2-17(21(25)31)10-11-20(30)26-12-6-7-13-27-23(33)19(28-22(32)18(24)15-29)14-16-8-4-3-5-9-16/h3-5,8-9,17-19,29H,2,6-7,10-15,24H2,1H3,(H2,25,31)(H,26,30)(H,27,33)(H,28,32). The second-order valence-corrected chi connectivity index (χ2v) is 7.93. The van der Waals surface area contributed by atoms with Crippen LogP contribution in [0.15, 0.2) is 30.3 Å². The van der Waals surface area contributed by atoms with E-state index >= 15 is 0 Å². The Bertz CT molecular complexity index is 759. The number of unbranched alkanes of at least 4 members (excludes halogenated alkanes) is 1. The third kappa shape index (κ3) is 11.4. The van der Waals surface area contributed by atoms with Crippen molar-refractivity contribution in [3.8, 4) is 0 Å². The molecule has 0 saturated carbocycles. The molecule has 3 atom stereocenters. The van der Waals surface area contributed by atoms with Crippen LogP contribution in [0.1, 0.15) is 44.6 Å². The van der Waals surface area contributed by atoms with Gasteiger partial charge in [0.1, 0.15) is 12.1 Å². The van der Waals surface area contributed by atoms with Crippen LogP contribution >= 0.6 is 0 Å². The van der Waals surface area contributed by atoms with Crippen LogP contribution in [0.3, 0.4) is 0 Å². The lowest BCUT2D eigenvalue weighted by Gasteiger charge is -2.20. The molecule has 0 bridgehead atoms. The van der Waals surface area contributed by atoms with Crippen LogP contribution in [0.25, 0.3) is 0 Å². The Kier molecular flexibility index (Phi) is 13.4. The number of benzene rings is 1. The minimum atomic E-state index is -1.10. The summed E-state index contributed by atoms with van der Waals surface area (Å²) in [5.41, 5.74) is 11.7. The van der Waals surface area contributed by atoms with Crippen molar-refractivity contribution < 1.29 is 24.3 Å². The zero-order valence-electron chi connectivity index (χ0n) is 19.2. The van der Waals surface area contributed by atoms with Gasteiger partial charge >= 0.3 is 0 Å². The van der Waals surface area contributed by atoms with Crippen molar-refractivity contribution in [3.63, 3.8) is 0 Å². The van der Waals surface area contributed by atoms with Crippen LogP contribution in [0.2, 0.25) is 0 Å². The van der Waals surface area contributed by atoms with Gasteiger partial charge in [-0.3, -0.25) is 19.2 Å². The molecule has 0 radical (unpaired) electrons. The molecule has 0 aliphatic rings. The summed E-state index contributed by atoms with van der Waals surface area (Å²) in [6.07, 6.45) is 2.87. The highest BCUT2D eigenvalue weighted by Crippen LogP contribution is 2.09. The molecule has 10 heteroatoms. The fourth-order valence-electron chi connectivity index (χ4n) is 3.17. The summed E-state index contributed by atoms with van der Waals surface area (Å²) in [4.78, 5) is 47.8. The lowest BCUT2D eigenvalue weighted by Crippen LogP contribution is -2.53. The molecule has 0 aliphatic carbocycles. The molecular formula is C23H37N5O5. The Morgan fingerprint density at radius 2 is 1.64 bits per heavy atom. The van der Waals surface area contributed by atoms with Gasteiger partial charge in [0.15, 0.2) is 0 Å². The van der Waals surface area contributed by atoms with Gasteiger partial charge in [-0.15, -0.1) is 0 Å². The number of nitrogens with two attached hydrogens (primary N) is 2. The van der Waals surface area contributed by atoms with E-state index < -0.39 is 24.6 Å². The Morgan fingerprint density at radius 1 is 1.00 bits per heavy atom. The van der Waals surface area contributed by atoms with Crippen LogP contribution in [0, 0.1) is 5.92 Å². The van der Waals surface area contributed by atoms with Gasteiger partial charge in [0.25, 0.3) is 0 Å². The van der Waals surface area contributed by atoms with E-state index in [2.05, 4.69) is 16.0 Å². The summed E-state index contributed by atoms with van der Waals surface area (Å²) < 4.78 is 0. The molecule has 1 aromatic carbocycles. The molecule has 4 amide bonds. The number of aliphatic hydroxyl groups is 1. The molecule has 10 nitrogen and oxygen atoms in total. The van der Waals surface area contributed by atoms with Gasteiger partial charge in [-0.1, -0.05) is 37.3 Å². The maximum Gasteiger partial charge on any atom is 0.242 e. The zero-order chi connectivity index (χ0) is 24.6. The van der Waals surface area contributed by atoms with Gasteiger partial charge in [0, 0.05) is 31.8 Å². The molecule has 33 heavy (non-hydrogen) atoms. The van der Waals surface area contributed by atoms with E-state index in [-0.39, 0.29) is 36.5 Å². The molecule has 0 aliphatic heterocycles. The minimum absolute atomic E-state index is 0.135. The first kappa shape index (κ1) is 28.1. The summed E-state index contributed by atoms with van der Waals surface area (Å²) in [6.45, 7) is 2.18. The minimum Gasteiger partial charge on any atom is -0.394 e. The van der Waals surface area contributed by atoms with Crippen LogP contribution in [0.5, 0.6) is 0 Å². The van der Waals surface area contributed by atoms with E-state index in [1.54, 1.807) is 0 Å². The number of carbonyl (C=O) groups is 4. The zero-order valence-corrected chi connectivity index (χ0v) is 19.2. The number of hydrogen-bond acceptors (Lipinski definition) is 6. The predicted octanol–water partition coefficient (Wildman–Crippen LogP) is -0.662. The van der Waals surface area contributed by atoms with E-state index in [0.29, 0.717) is 38.8 Å². The van der Waals surface area contributed by atoms with Crippen molar-refractivity contribution in [2.75, 3.05) is 19.7 Å². The van der Waals surface area contributed by atoms with Crippen molar-refractivity contribution >= 4 is 23.6 Å². The first-order valence-electron chi connectivity index (χ1n) is 11.3. The highest BCUT2D eigenvalue weighted by atomic mass is 16.3. The molecule has 0 fully saturated rings. The lowest BCUT2D eigenvalue weighted by molar-refractivity contribution is -0.130. The third-order valence-corrected chi connectivity index (χ3v) is 5.29. The quantitative estimate of drug-likeness (QED) is 0.177. The number of hydrogen-bond donors (Lipinski definition) is 6. The molecule has 0 saturated heterocycles. The average molecular weight is 464 g/mol. The molecule has 1 rings (SSSR count). The molecule has 184 valence electrons. The smallest absolute Gasteiger partial charge is 0.242 e.